The lowest BCUT2D eigenvalue weighted by molar-refractivity contribution is -0.146. The van der Waals surface area contributed by atoms with Crippen molar-refractivity contribution in [2.24, 2.45) is 5.92 Å². The Hall–Kier alpha value is -2.29. The van der Waals surface area contributed by atoms with Crippen LogP contribution in [-0.4, -0.2) is 36.0 Å². The Morgan fingerprint density at radius 2 is 2.08 bits per heavy atom. The minimum Gasteiger partial charge on any atom is -0.456 e. The number of ether oxygens (including phenoxy) is 1. The molecule has 1 saturated heterocycles. The van der Waals surface area contributed by atoms with Crippen molar-refractivity contribution in [2.75, 3.05) is 11.5 Å². The van der Waals surface area contributed by atoms with Gasteiger partial charge in [-0.3, -0.25) is 4.79 Å². The van der Waals surface area contributed by atoms with Gasteiger partial charge in [0.05, 0.1) is 11.5 Å². The highest BCUT2D eigenvalue weighted by Crippen LogP contribution is 2.22. The van der Waals surface area contributed by atoms with Gasteiger partial charge in [0.2, 0.25) is 5.82 Å². The zero-order chi connectivity index (χ0) is 17.2. The van der Waals surface area contributed by atoms with Crippen molar-refractivity contribution in [2.45, 2.75) is 19.4 Å². The summed E-state index contributed by atoms with van der Waals surface area (Å²) in [5.74, 6) is -0.541. The zero-order valence-electron chi connectivity index (χ0n) is 12.6. The van der Waals surface area contributed by atoms with Crippen molar-refractivity contribution < 1.29 is 26.9 Å². The predicted octanol–water partition coefficient (Wildman–Crippen LogP) is 1.74. The SMILES string of the molecule is O=C(CC1CCS(=O)(=O)C1)OCc1nc(-c2ccc(F)cc2)no1. The van der Waals surface area contributed by atoms with Gasteiger partial charge in [-0.1, -0.05) is 5.16 Å². The molecule has 0 saturated carbocycles. The van der Waals surface area contributed by atoms with Crippen LogP contribution in [-0.2, 0) is 26.0 Å². The van der Waals surface area contributed by atoms with Crippen LogP contribution in [0.1, 0.15) is 18.7 Å². The van der Waals surface area contributed by atoms with Gasteiger partial charge in [-0.15, -0.1) is 0 Å². The first-order chi connectivity index (χ1) is 11.4. The molecule has 24 heavy (non-hydrogen) atoms. The number of hydrogen-bond acceptors (Lipinski definition) is 7. The molecule has 1 aliphatic rings. The number of sulfone groups is 1. The summed E-state index contributed by atoms with van der Waals surface area (Å²) in [6.07, 6.45) is 0.533. The van der Waals surface area contributed by atoms with Crippen molar-refractivity contribution in [1.82, 2.24) is 10.1 Å². The molecule has 9 heteroatoms. The normalized spacial score (nSPS) is 19.3. The van der Waals surface area contributed by atoms with Gasteiger partial charge in [0.15, 0.2) is 16.4 Å². The van der Waals surface area contributed by atoms with Gasteiger partial charge in [0, 0.05) is 12.0 Å². The molecule has 1 atom stereocenters. The highest BCUT2D eigenvalue weighted by atomic mass is 32.2. The maximum absolute atomic E-state index is 12.9. The highest BCUT2D eigenvalue weighted by molar-refractivity contribution is 7.91. The summed E-state index contributed by atoms with van der Waals surface area (Å²) in [5.41, 5.74) is 0.578. The van der Waals surface area contributed by atoms with Crippen LogP contribution in [0.5, 0.6) is 0 Å². The Balaban J connectivity index is 1.52. The summed E-state index contributed by atoms with van der Waals surface area (Å²) in [4.78, 5) is 15.8. The molecule has 2 heterocycles. The number of benzene rings is 1. The largest absolute Gasteiger partial charge is 0.456 e. The van der Waals surface area contributed by atoms with Crippen molar-refractivity contribution in [3.8, 4) is 11.4 Å². The summed E-state index contributed by atoms with van der Waals surface area (Å²) in [5, 5.41) is 3.74. The fraction of sp³-hybridized carbons (Fsp3) is 0.400. The summed E-state index contributed by atoms with van der Waals surface area (Å²) in [7, 11) is -3.01. The summed E-state index contributed by atoms with van der Waals surface area (Å²) in [6, 6.07) is 5.58. The molecule has 1 unspecified atom stereocenters. The van der Waals surface area contributed by atoms with Gasteiger partial charge in [0.25, 0.3) is 5.89 Å². The molecule has 0 amide bonds. The molecule has 3 rings (SSSR count). The summed E-state index contributed by atoms with van der Waals surface area (Å²) in [6.45, 7) is -0.188. The van der Waals surface area contributed by atoms with Crippen LogP contribution in [0.2, 0.25) is 0 Å². The molecule has 1 fully saturated rings. The molecule has 0 aliphatic carbocycles. The Morgan fingerprint density at radius 3 is 2.75 bits per heavy atom. The van der Waals surface area contributed by atoms with Crippen molar-refractivity contribution in [1.29, 1.82) is 0 Å². The lowest BCUT2D eigenvalue weighted by atomic mass is 10.1. The Bertz CT molecular complexity index is 832. The second kappa shape index (κ2) is 6.68. The quantitative estimate of drug-likeness (QED) is 0.754. The highest BCUT2D eigenvalue weighted by Gasteiger charge is 2.30. The van der Waals surface area contributed by atoms with E-state index in [9.17, 15) is 17.6 Å². The number of carbonyl (C=O) groups is 1. The lowest BCUT2D eigenvalue weighted by Gasteiger charge is -2.06. The van der Waals surface area contributed by atoms with E-state index in [4.69, 9.17) is 9.26 Å². The molecule has 0 radical (unpaired) electrons. The molecular formula is C15H15FN2O5S. The third-order valence-electron chi connectivity index (χ3n) is 3.71. The van der Waals surface area contributed by atoms with E-state index in [1.165, 1.54) is 24.3 Å². The van der Waals surface area contributed by atoms with E-state index in [0.717, 1.165) is 0 Å². The van der Waals surface area contributed by atoms with Crippen LogP contribution < -0.4 is 0 Å². The Labute approximate surface area is 137 Å². The van der Waals surface area contributed by atoms with Crippen molar-refractivity contribution in [3.63, 3.8) is 0 Å². The van der Waals surface area contributed by atoms with Crippen LogP contribution in [0, 0.1) is 11.7 Å². The second-order valence-corrected chi connectivity index (χ2v) is 7.88. The molecule has 0 N–H and O–H groups in total. The van der Waals surface area contributed by atoms with Gasteiger partial charge >= 0.3 is 5.97 Å². The van der Waals surface area contributed by atoms with E-state index < -0.39 is 15.8 Å². The number of carbonyl (C=O) groups excluding carboxylic acids is 1. The average Bonchev–Trinajstić information content (AvgIpc) is 3.12. The van der Waals surface area contributed by atoms with Gasteiger partial charge < -0.3 is 9.26 Å². The zero-order valence-corrected chi connectivity index (χ0v) is 13.5. The average molecular weight is 354 g/mol. The third-order valence-corrected chi connectivity index (χ3v) is 5.55. The smallest absolute Gasteiger partial charge is 0.306 e. The van der Waals surface area contributed by atoms with Crippen LogP contribution in [0.15, 0.2) is 28.8 Å². The van der Waals surface area contributed by atoms with Crippen LogP contribution in [0.4, 0.5) is 4.39 Å². The maximum Gasteiger partial charge on any atom is 0.306 e. The number of esters is 1. The summed E-state index contributed by atoms with van der Waals surface area (Å²) >= 11 is 0. The fourth-order valence-corrected chi connectivity index (χ4v) is 4.36. The molecule has 7 nitrogen and oxygen atoms in total. The van der Waals surface area contributed by atoms with E-state index >= 15 is 0 Å². The molecular weight excluding hydrogens is 339 g/mol. The van der Waals surface area contributed by atoms with Gasteiger partial charge in [-0.25, -0.2) is 12.8 Å². The number of hydrogen-bond donors (Lipinski definition) is 0. The first-order valence-corrected chi connectivity index (χ1v) is 9.18. The van der Waals surface area contributed by atoms with Crippen molar-refractivity contribution in [3.05, 3.63) is 36.0 Å². The van der Waals surface area contributed by atoms with Crippen LogP contribution in [0.25, 0.3) is 11.4 Å². The minimum absolute atomic E-state index is 0.0252. The van der Waals surface area contributed by atoms with Crippen LogP contribution in [0.3, 0.4) is 0 Å². The monoisotopic (exact) mass is 354 g/mol. The lowest BCUT2D eigenvalue weighted by Crippen LogP contribution is -2.13. The van der Waals surface area contributed by atoms with Gasteiger partial charge in [-0.2, -0.15) is 4.98 Å². The Morgan fingerprint density at radius 1 is 1.33 bits per heavy atom. The number of halogens is 1. The fourth-order valence-electron chi connectivity index (χ4n) is 2.50. The minimum atomic E-state index is -3.01. The molecule has 2 aromatic rings. The topological polar surface area (TPSA) is 99.4 Å². The van der Waals surface area contributed by atoms with E-state index in [1.54, 1.807) is 0 Å². The van der Waals surface area contributed by atoms with E-state index in [0.29, 0.717) is 12.0 Å². The molecule has 0 spiro atoms. The first kappa shape index (κ1) is 16.6. The molecule has 1 aromatic carbocycles. The van der Waals surface area contributed by atoms with E-state index in [1.807, 2.05) is 0 Å². The van der Waals surface area contributed by atoms with Gasteiger partial charge in [-0.05, 0) is 36.6 Å². The molecule has 1 aromatic heterocycles. The predicted molar refractivity (Wildman–Crippen MR) is 80.9 cm³/mol. The third kappa shape index (κ3) is 4.16. The summed E-state index contributed by atoms with van der Waals surface area (Å²) < 4.78 is 45.6. The van der Waals surface area contributed by atoms with E-state index in [-0.39, 0.29) is 48.0 Å². The Kier molecular flexibility index (Phi) is 4.61. The maximum atomic E-state index is 12.9. The molecule has 0 bridgehead atoms. The number of nitrogens with zero attached hydrogens (tertiary/aromatic N) is 2. The van der Waals surface area contributed by atoms with E-state index in [2.05, 4.69) is 10.1 Å². The van der Waals surface area contributed by atoms with Gasteiger partial charge in [0.1, 0.15) is 5.82 Å². The molecule has 128 valence electrons. The number of rotatable bonds is 5. The van der Waals surface area contributed by atoms with Crippen molar-refractivity contribution >= 4 is 15.8 Å². The number of aromatic nitrogens is 2. The molecule has 1 aliphatic heterocycles. The van der Waals surface area contributed by atoms with Crippen LogP contribution >= 0.6 is 0 Å². The first-order valence-electron chi connectivity index (χ1n) is 7.36. The second-order valence-electron chi connectivity index (χ2n) is 5.65. The standard InChI is InChI=1S/C15H15FN2O5S/c16-12-3-1-11(2-4-12)15-17-13(23-18-15)8-22-14(19)7-10-5-6-24(20,21)9-10/h1-4,10H,5-9H2.